The molecule has 0 fully saturated rings. The van der Waals surface area contributed by atoms with Crippen molar-refractivity contribution in [1.82, 2.24) is 0 Å². The Kier molecular flexibility index (Phi) is 8.84. The zero-order valence-corrected chi connectivity index (χ0v) is 19.2. The fourth-order valence-electron chi connectivity index (χ4n) is 3.57. The van der Waals surface area contributed by atoms with Crippen molar-refractivity contribution in [2.75, 3.05) is 35.6 Å². The Bertz CT molecular complexity index is 761. The standard InChI is InChI=1S/C28H36N3/c1-4-19-29-25-13-7-22(8-14-25)28(23-9-15-26(16-10-23)30-20-5-2)24-11-17-27(18-12-24)31-21-6-3/h7-18,29-31H,4-6,19-21H2,1-3H3. The van der Waals surface area contributed by atoms with E-state index in [1.807, 2.05) is 0 Å². The first-order chi connectivity index (χ1) is 15.2. The van der Waals surface area contributed by atoms with Gasteiger partial charge in [0.1, 0.15) is 0 Å². The topological polar surface area (TPSA) is 36.1 Å². The molecule has 3 aromatic carbocycles. The van der Waals surface area contributed by atoms with E-state index in [9.17, 15) is 0 Å². The van der Waals surface area contributed by atoms with Gasteiger partial charge in [0.2, 0.25) is 0 Å². The molecule has 3 nitrogen and oxygen atoms in total. The summed E-state index contributed by atoms with van der Waals surface area (Å²) in [5.41, 5.74) is 7.19. The summed E-state index contributed by atoms with van der Waals surface area (Å²) >= 11 is 0. The van der Waals surface area contributed by atoms with Crippen LogP contribution in [0.5, 0.6) is 0 Å². The highest BCUT2D eigenvalue weighted by atomic mass is 14.9. The highest BCUT2D eigenvalue weighted by Crippen LogP contribution is 2.33. The molecule has 0 heterocycles. The van der Waals surface area contributed by atoms with Gasteiger partial charge in [0.25, 0.3) is 0 Å². The molecule has 31 heavy (non-hydrogen) atoms. The molecule has 3 rings (SSSR count). The zero-order valence-electron chi connectivity index (χ0n) is 19.2. The third-order valence-electron chi connectivity index (χ3n) is 5.26. The zero-order chi connectivity index (χ0) is 21.9. The minimum atomic E-state index is 0.994. The highest BCUT2D eigenvalue weighted by Gasteiger charge is 2.18. The summed E-state index contributed by atoms with van der Waals surface area (Å²) in [7, 11) is 0. The predicted molar refractivity (Wildman–Crippen MR) is 136 cm³/mol. The number of nitrogens with one attached hydrogen (secondary N) is 3. The average molecular weight is 415 g/mol. The third-order valence-corrected chi connectivity index (χ3v) is 5.26. The molecular formula is C28H36N3. The van der Waals surface area contributed by atoms with Gasteiger partial charge in [0.05, 0.1) is 5.92 Å². The van der Waals surface area contributed by atoms with E-state index < -0.39 is 0 Å². The van der Waals surface area contributed by atoms with Crippen LogP contribution in [0.3, 0.4) is 0 Å². The van der Waals surface area contributed by atoms with Crippen LogP contribution in [0.25, 0.3) is 0 Å². The summed E-state index contributed by atoms with van der Waals surface area (Å²) in [6.45, 7) is 9.54. The van der Waals surface area contributed by atoms with Gasteiger partial charge in [0.15, 0.2) is 0 Å². The fourth-order valence-corrected chi connectivity index (χ4v) is 3.57. The number of anilines is 3. The van der Waals surface area contributed by atoms with Crippen LogP contribution in [-0.2, 0) is 0 Å². The fraction of sp³-hybridized carbons (Fsp3) is 0.321. The van der Waals surface area contributed by atoms with E-state index in [1.165, 1.54) is 39.7 Å². The van der Waals surface area contributed by atoms with Crippen molar-refractivity contribution in [3.8, 4) is 0 Å². The molecule has 0 spiro atoms. The van der Waals surface area contributed by atoms with Crippen LogP contribution in [0.2, 0.25) is 0 Å². The Hall–Kier alpha value is -2.94. The van der Waals surface area contributed by atoms with Gasteiger partial charge in [-0.05, 0) is 72.4 Å². The van der Waals surface area contributed by atoms with Gasteiger partial charge in [-0.15, -0.1) is 0 Å². The van der Waals surface area contributed by atoms with Crippen LogP contribution < -0.4 is 16.0 Å². The second kappa shape index (κ2) is 12.0. The second-order valence-electron chi connectivity index (χ2n) is 7.89. The summed E-state index contributed by atoms with van der Waals surface area (Å²) in [6.07, 6.45) is 3.36. The minimum absolute atomic E-state index is 0.994. The second-order valence-corrected chi connectivity index (χ2v) is 7.89. The van der Waals surface area contributed by atoms with Crippen molar-refractivity contribution in [2.24, 2.45) is 0 Å². The lowest BCUT2D eigenvalue weighted by atomic mass is 9.85. The van der Waals surface area contributed by atoms with E-state index in [2.05, 4.69) is 110 Å². The molecule has 0 aliphatic heterocycles. The molecule has 3 N–H and O–H groups in total. The van der Waals surface area contributed by atoms with E-state index in [4.69, 9.17) is 0 Å². The van der Waals surface area contributed by atoms with E-state index in [1.54, 1.807) is 0 Å². The largest absolute Gasteiger partial charge is 0.385 e. The average Bonchev–Trinajstić information content (AvgIpc) is 2.82. The van der Waals surface area contributed by atoms with Crippen LogP contribution in [0, 0.1) is 5.92 Å². The lowest BCUT2D eigenvalue weighted by Crippen LogP contribution is -2.07. The maximum atomic E-state index is 3.47. The van der Waals surface area contributed by atoms with Crippen LogP contribution in [0.1, 0.15) is 56.7 Å². The molecule has 0 aliphatic carbocycles. The van der Waals surface area contributed by atoms with E-state index in [-0.39, 0.29) is 0 Å². The van der Waals surface area contributed by atoms with Crippen LogP contribution >= 0.6 is 0 Å². The molecule has 0 saturated carbocycles. The molecule has 0 saturated heterocycles. The number of hydrogen-bond acceptors (Lipinski definition) is 3. The normalized spacial score (nSPS) is 10.8. The summed E-state index contributed by atoms with van der Waals surface area (Å²) < 4.78 is 0. The van der Waals surface area contributed by atoms with Crippen LogP contribution in [0.4, 0.5) is 17.1 Å². The number of benzene rings is 3. The molecule has 163 valence electrons. The number of rotatable bonds is 12. The molecule has 3 aromatic rings. The molecule has 0 atom stereocenters. The maximum absolute atomic E-state index is 3.47. The predicted octanol–water partition coefficient (Wildman–Crippen LogP) is 7.17. The smallest absolute Gasteiger partial charge is 0.0629 e. The molecule has 1 radical (unpaired) electrons. The summed E-state index contributed by atoms with van der Waals surface area (Å²) in [5, 5.41) is 10.4. The Morgan fingerprint density at radius 1 is 0.452 bits per heavy atom. The Balaban J connectivity index is 1.90. The molecule has 0 aliphatic rings. The van der Waals surface area contributed by atoms with Crippen molar-refractivity contribution in [1.29, 1.82) is 0 Å². The van der Waals surface area contributed by atoms with Gasteiger partial charge in [-0.1, -0.05) is 57.2 Å². The third kappa shape index (κ3) is 6.52. The van der Waals surface area contributed by atoms with Crippen LogP contribution in [-0.4, -0.2) is 19.6 Å². The highest BCUT2D eigenvalue weighted by molar-refractivity contribution is 5.62. The van der Waals surface area contributed by atoms with Crippen molar-refractivity contribution in [3.05, 3.63) is 95.4 Å². The van der Waals surface area contributed by atoms with Gasteiger partial charge < -0.3 is 16.0 Å². The first kappa shape index (κ1) is 22.7. The van der Waals surface area contributed by atoms with Gasteiger partial charge in [-0.2, -0.15) is 0 Å². The Labute approximate surface area is 188 Å². The molecule has 0 bridgehead atoms. The van der Waals surface area contributed by atoms with Crippen molar-refractivity contribution < 1.29 is 0 Å². The van der Waals surface area contributed by atoms with E-state index >= 15 is 0 Å². The molecule has 0 unspecified atom stereocenters. The quantitative estimate of drug-likeness (QED) is 0.275. The van der Waals surface area contributed by atoms with Crippen LogP contribution in [0.15, 0.2) is 72.8 Å². The summed E-state index contributed by atoms with van der Waals surface area (Å²) in [5.74, 6) is 1.26. The number of hydrogen-bond donors (Lipinski definition) is 3. The summed E-state index contributed by atoms with van der Waals surface area (Å²) in [4.78, 5) is 0. The molecule has 0 amide bonds. The molecule has 3 heteroatoms. The first-order valence-electron chi connectivity index (χ1n) is 11.6. The Morgan fingerprint density at radius 2 is 0.710 bits per heavy atom. The minimum Gasteiger partial charge on any atom is -0.385 e. The maximum Gasteiger partial charge on any atom is 0.0629 e. The lowest BCUT2D eigenvalue weighted by molar-refractivity contribution is 0.979. The van der Waals surface area contributed by atoms with E-state index in [0.29, 0.717) is 0 Å². The lowest BCUT2D eigenvalue weighted by Gasteiger charge is -2.20. The van der Waals surface area contributed by atoms with E-state index in [0.717, 1.165) is 38.9 Å². The molecular weight excluding hydrogens is 378 g/mol. The van der Waals surface area contributed by atoms with Crippen molar-refractivity contribution in [2.45, 2.75) is 40.0 Å². The Morgan fingerprint density at radius 3 is 0.935 bits per heavy atom. The van der Waals surface area contributed by atoms with Gasteiger partial charge in [-0.3, -0.25) is 0 Å². The first-order valence-corrected chi connectivity index (χ1v) is 11.6. The summed E-state index contributed by atoms with van der Waals surface area (Å²) in [6, 6.07) is 26.4. The van der Waals surface area contributed by atoms with Gasteiger partial charge in [-0.25, -0.2) is 0 Å². The molecule has 0 aromatic heterocycles. The van der Waals surface area contributed by atoms with Gasteiger partial charge >= 0.3 is 0 Å². The SMILES string of the molecule is CCCNc1ccc([C](c2ccc(NCCC)cc2)c2ccc(NCCC)cc2)cc1. The van der Waals surface area contributed by atoms with Crippen molar-refractivity contribution >= 4 is 17.1 Å². The van der Waals surface area contributed by atoms with Gasteiger partial charge in [0, 0.05) is 36.7 Å². The monoisotopic (exact) mass is 414 g/mol. The van der Waals surface area contributed by atoms with Crippen molar-refractivity contribution in [3.63, 3.8) is 0 Å².